The number of amides is 1. The molecule has 0 saturated heterocycles. The Morgan fingerprint density at radius 1 is 1.42 bits per heavy atom. The van der Waals surface area contributed by atoms with Crippen molar-refractivity contribution in [1.82, 2.24) is 9.78 Å². The van der Waals surface area contributed by atoms with Gasteiger partial charge in [-0.15, -0.1) is 11.3 Å². The van der Waals surface area contributed by atoms with Gasteiger partial charge >= 0.3 is 5.97 Å². The van der Waals surface area contributed by atoms with E-state index in [2.05, 4.69) is 26.3 Å². The van der Waals surface area contributed by atoms with Crippen LogP contribution in [-0.4, -0.2) is 28.8 Å². The number of methoxy groups -OCH3 is 1. The highest BCUT2D eigenvalue weighted by atomic mass is 79.9. The number of esters is 1. The molecule has 0 aliphatic rings. The first-order valence-corrected chi connectivity index (χ1v) is 8.70. The summed E-state index contributed by atoms with van der Waals surface area (Å²) >= 11 is 10.7. The summed E-state index contributed by atoms with van der Waals surface area (Å²) in [4.78, 5) is 24.3. The number of nitrogens with one attached hydrogen (secondary N) is 1. The average Bonchev–Trinajstić information content (AvgIpc) is 3.06. The molecule has 24 heavy (non-hydrogen) atoms. The van der Waals surface area contributed by atoms with Crippen LogP contribution in [0.3, 0.4) is 0 Å². The van der Waals surface area contributed by atoms with Gasteiger partial charge in [-0.2, -0.15) is 5.10 Å². The highest BCUT2D eigenvalue weighted by molar-refractivity contribution is 9.10. The number of aromatic nitrogens is 2. The molecule has 2 aromatic heterocycles. The van der Waals surface area contributed by atoms with Crippen LogP contribution in [0.1, 0.15) is 20.2 Å². The smallest absolute Gasteiger partial charge is 0.349 e. The Labute approximate surface area is 154 Å². The third kappa shape index (κ3) is 3.04. The van der Waals surface area contributed by atoms with Crippen molar-refractivity contribution in [2.75, 3.05) is 12.4 Å². The van der Waals surface area contributed by atoms with Gasteiger partial charge in [0.25, 0.3) is 5.91 Å². The summed E-state index contributed by atoms with van der Waals surface area (Å²) in [7, 11) is 3.04. The summed E-state index contributed by atoms with van der Waals surface area (Å²) in [5.41, 5.74) is 0.872. The number of carbonyl (C=O) groups is 2. The molecule has 124 valence electrons. The summed E-state index contributed by atoms with van der Waals surface area (Å²) in [6.07, 6.45) is 1.69. The van der Waals surface area contributed by atoms with E-state index in [0.29, 0.717) is 20.1 Å². The third-order valence-corrected chi connectivity index (χ3v) is 5.47. The number of ether oxygens (including phenoxy) is 1. The topological polar surface area (TPSA) is 73.2 Å². The van der Waals surface area contributed by atoms with E-state index in [4.69, 9.17) is 16.3 Å². The third-order valence-electron chi connectivity index (χ3n) is 3.26. The zero-order valence-electron chi connectivity index (χ0n) is 12.6. The predicted octanol–water partition coefficient (Wildman–Crippen LogP) is 4.09. The fraction of sp³-hybridized carbons (Fsp3) is 0.133. The lowest BCUT2D eigenvalue weighted by molar-refractivity contribution is 0.0606. The van der Waals surface area contributed by atoms with Gasteiger partial charge in [-0.25, -0.2) is 4.79 Å². The molecule has 0 atom stereocenters. The van der Waals surface area contributed by atoms with Crippen molar-refractivity contribution in [1.29, 1.82) is 0 Å². The first-order chi connectivity index (χ1) is 11.4. The number of hydrogen-bond donors (Lipinski definition) is 1. The van der Waals surface area contributed by atoms with Crippen molar-refractivity contribution in [3.63, 3.8) is 0 Å². The number of benzene rings is 1. The van der Waals surface area contributed by atoms with Crippen LogP contribution in [0, 0.1) is 0 Å². The molecule has 0 aliphatic carbocycles. The lowest BCUT2D eigenvalue weighted by Crippen LogP contribution is -2.13. The van der Waals surface area contributed by atoms with E-state index in [1.165, 1.54) is 18.4 Å². The van der Waals surface area contributed by atoms with Gasteiger partial charge in [0, 0.05) is 29.0 Å². The summed E-state index contributed by atoms with van der Waals surface area (Å²) in [5, 5.41) is 7.97. The minimum Gasteiger partial charge on any atom is -0.465 e. The van der Waals surface area contributed by atoms with Crippen LogP contribution < -0.4 is 5.32 Å². The zero-order chi connectivity index (χ0) is 17.4. The van der Waals surface area contributed by atoms with Gasteiger partial charge in [-0.1, -0.05) is 11.6 Å². The maximum atomic E-state index is 12.3. The van der Waals surface area contributed by atoms with Gasteiger partial charge < -0.3 is 10.1 Å². The van der Waals surface area contributed by atoms with Crippen LogP contribution in [-0.2, 0) is 11.8 Å². The molecule has 1 aromatic carbocycles. The molecule has 0 fully saturated rings. The Morgan fingerprint density at radius 3 is 2.79 bits per heavy atom. The van der Waals surface area contributed by atoms with E-state index in [0.717, 1.165) is 10.1 Å². The molecule has 0 saturated carbocycles. The second kappa shape index (κ2) is 6.54. The molecule has 0 unspecified atom stereocenters. The number of nitrogens with zero attached hydrogens (tertiary/aromatic N) is 2. The van der Waals surface area contributed by atoms with Gasteiger partial charge in [-0.3, -0.25) is 9.48 Å². The number of rotatable bonds is 3. The Morgan fingerprint density at radius 2 is 2.17 bits per heavy atom. The number of halogens is 2. The van der Waals surface area contributed by atoms with Gasteiger partial charge in [0.2, 0.25) is 0 Å². The monoisotopic (exact) mass is 427 g/mol. The number of thiophene rings is 1. The second-order valence-corrected chi connectivity index (χ2v) is 7.19. The average molecular weight is 429 g/mol. The van der Waals surface area contributed by atoms with E-state index < -0.39 is 5.97 Å². The van der Waals surface area contributed by atoms with Crippen molar-refractivity contribution >= 4 is 66.5 Å². The van der Waals surface area contributed by atoms with Gasteiger partial charge in [-0.05, 0) is 34.1 Å². The van der Waals surface area contributed by atoms with Crippen LogP contribution in [0.5, 0.6) is 0 Å². The van der Waals surface area contributed by atoms with Crippen molar-refractivity contribution in [3.8, 4) is 0 Å². The first-order valence-electron chi connectivity index (χ1n) is 6.71. The highest BCUT2D eigenvalue weighted by Gasteiger charge is 2.19. The molecule has 1 amide bonds. The molecule has 9 heteroatoms. The second-order valence-electron chi connectivity index (χ2n) is 4.90. The van der Waals surface area contributed by atoms with E-state index in [1.54, 1.807) is 36.1 Å². The lowest BCUT2D eigenvalue weighted by atomic mass is 10.2. The van der Waals surface area contributed by atoms with E-state index in [-0.39, 0.29) is 11.6 Å². The van der Waals surface area contributed by atoms with Crippen LogP contribution in [0.4, 0.5) is 5.69 Å². The molecule has 0 bridgehead atoms. The highest BCUT2D eigenvalue weighted by Crippen LogP contribution is 2.37. The normalized spacial score (nSPS) is 10.8. The molecule has 6 nitrogen and oxygen atoms in total. The van der Waals surface area contributed by atoms with E-state index >= 15 is 0 Å². The van der Waals surface area contributed by atoms with Crippen LogP contribution in [0.15, 0.2) is 28.9 Å². The number of carbonyl (C=O) groups excluding carboxylic acids is 2. The zero-order valence-corrected chi connectivity index (χ0v) is 15.8. The van der Waals surface area contributed by atoms with E-state index in [9.17, 15) is 9.59 Å². The number of anilines is 1. The largest absolute Gasteiger partial charge is 0.465 e. The van der Waals surface area contributed by atoms with Crippen molar-refractivity contribution in [2.45, 2.75) is 0 Å². The summed E-state index contributed by atoms with van der Waals surface area (Å²) in [5.74, 6) is -0.818. The molecule has 0 radical (unpaired) electrons. The van der Waals surface area contributed by atoms with Crippen LogP contribution >= 0.6 is 38.9 Å². The molecule has 2 heterocycles. The minimum atomic E-state index is -0.482. The molecular weight excluding hydrogens is 418 g/mol. The number of aryl methyl sites for hydroxylation is 1. The van der Waals surface area contributed by atoms with Crippen molar-refractivity contribution in [2.24, 2.45) is 7.05 Å². The van der Waals surface area contributed by atoms with Gasteiger partial charge in [0.1, 0.15) is 4.88 Å². The van der Waals surface area contributed by atoms with Gasteiger partial charge in [0.15, 0.2) is 5.69 Å². The fourth-order valence-corrected chi connectivity index (χ4v) is 4.19. The Kier molecular flexibility index (Phi) is 4.62. The van der Waals surface area contributed by atoms with Gasteiger partial charge in [0.05, 0.1) is 16.6 Å². The molecule has 0 aliphatic heterocycles. The maximum absolute atomic E-state index is 12.3. The Hall–Kier alpha value is -1.90. The molecule has 3 aromatic rings. The molecule has 3 rings (SSSR count). The van der Waals surface area contributed by atoms with E-state index in [1.807, 2.05) is 0 Å². The Balaban J connectivity index is 1.92. The maximum Gasteiger partial charge on any atom is 0.349 e. The predicted molar refractivity (Wildman–Crippen MR) is 97.0 cm³/mol. The minimum absolute atomic E-state index is 0.289. The fourth-order valence-electron chi connectivity index (χ4n) is 2.17. The number of fused-ring (bicyclic) bond motifs is 1. The lowest BCUT2D eigenvalue weighted by Gasteiger charge is -2.03. The van der Waals surface area contributed by atoms with Crippen LogP contribution in [0.2, 0.25) is 5.02 Å². The SMILES string of the molecule is COC(=O)c1sc2cc(NC(=O)c3nn(C)cc3Br)ccc2c1Cl. The molecular formula is C15H11BrClN3O3S. The standard InChI is InChI=1S/C15H11BrClN3O3S/c1-20-6-9(16)12(19-20)14(21)18-7-3-4-8-10(5-7)24-13(11(8)17)15(22)23-2/h3-6H,1-2H3,(H,18,21). The molecule has 1 N–H and O–H groups in total. The summed E-state index contributed by atoms with van der Waals surface area (Å²) in [6.45, 7) is 0. The van der Waals surface area contributed by atoms with Crippen LogP contribution in [0.25, 0.3) is 10.1 Å². The van der Waals surface area contributed by atoms with Crippen molar-refractivity contribution in [3.05, 3.63) is 44.5 Å². The van der Waals surface area contributed by atoms with Crippen molar-refractivity contribution < 1.29 is 14.3 Å². The number of hydrogen-bond acceptors (Lipinski definition) is 5. The first kappa shape index (κ1) is 16.9. The summed E-state index contributed by atoms with van der Waals surface area (Å²) in [6, 6.07) is 5.23. The quantitative estimate of drug-likeness (QED) is 0.638. The summed E-state index contributed by atoms with van der Waals surface area (Å²) < 4.78 is 7.65. The Bertz CT molecular complexity index is 966. The molecule has 0 spiro atoms.